The molecule has 0 radical (unpaired) electrons. The molecule has 1 saturated heterocycles. The van der Waals surface area contributed by atoms with Crippen LogP contribution in [0.25, 0.3) is 0 Å². The predicted molar refractivity (Wildman–Crippen MR) is 87.5 cm³/mol. The second-order valence-electron chi connectivity index (χ2n) is 6.93. The summed E-state index contributed by atoms with van der Waals surface area (Å²) in [6.07, 6.45) is 0.421. The highest BCUT2D eigenvalue weighted by atomic mass is 19.1. The molecule has 3 N–H and O–H groups in total. The van der Waals surface area contributed by atoms with Crippen molar-refractivity contribution in [2.75, 3.05) is 19.6 Å². The second-order valence-corrected chi connectivity index (χ2v) is 6.93. The van der Waals surface area contributed by atoms with Gasteiger partial charge in [-0.05, 0) is 44.9 Å². The van der Waals surface area contributed by atoms with Crippen molar-refractivity contribution >= 4 is 6.09 Å². The molecule has 1 heterocycles. The second kappa shape index (κ2) is 7.27. The van der Waals surface area contributed by atoms with Crippen LogP contribution in [0.3, 0.4) is 0 Å². The third-order valence-electron chi connectivity index (χ3n) is 3.84. The van der Waals surface area contributed by atoms with E-state index in [4.69, 9.17) is 10.5 Å². The summed E-state index contributed by atoms with van der Waals surface area (Å²) in [5, 5.41) is 2.89. The molecule has 1 aliphatic rings. The third kappa shape index (κ3) is 5.18. The number of ether oxygens (including phenoxy) is 1. The van der Waals surface area contributed by atoms with Gasteiger partial charge in [0.2, 0.25) is 0 Å². The molecule has 128 valence electrons. The summed E-state index contributed by atoms with van der Waals surface area (Å²) in [5.74, 6) is -0.261. The van der Waals surface area contributed by atoms with Gasteiger partial charge in [0, 0.05) is 31.7 Å². The first kappa shape index (κ1) is 17.7. The number of hydrogen-bond acceptors (Lipinski definition) is 4. The Morgan fingerprint density at radius 1 is 1.52 bits per heavy atom. The molecule has 2 atom stereocenters. The van der Waals surface area contributed by atoms with Gasteiger partial charge in [-0.1, -0.05) is 12.1 Å². The summed E-state index contributed by atoms with van der Waals surface area (Å²) in [5.41, 5.74) is 6.24. The molecule has 1 amide bonds. The lowest BCUT2D eigenvalue weighted by Crippen LogP contribution is -2.41. The Morgan fingerprint density at radius 3 is 2.87 bits per heavy atom. The van der Waals surface area contributed by atoms with Crippen molar-refractivity contribution in [2.45, 2.75) is 44.9 Å². The standard InChI is InChI=1S/C17H26FN3O2/c1-17(2,3)23-16(22)20-14-7-8-21(11-14)15(10-19)12-5-4-6-13(18)9-12/h4-6,9,14-15H,7-8,10-11,19H2,1-3H3,(H,20,22). The van der Waals surface area contributed by atoms with E-state index in [0.29, 0.717) is 13.1 Å². The number of amides is 1. The van der Waals surface area contributed by atoms with Gasteiger partial charge in [0.1, 0.15) is 11.4 Å². The van der Waals surface area contributed by atoms with E-state index in [1.165, 1.54) is 12.1 Å². The molecule has 2 unspecified atom stereocenters. The van der Waals surface area contributed by atoms with Gasteiger partial charge >= 0.3 is 6.09 Å². The fourth-order valence-electron chi connectivity index (χ4n) is 2.87. The summed E-state index contributed by atoms with van der Waals surface area (Å²) in [4.78, 5) is 14.0. The molecule has 1 fully saturated rings. The van der Waals surface area contributed by atoms with Gasteiger partial charge in [0.25, 0.3) is 0 Å². The minimum absolute atomic E-state index is 0.0208. The maximum Gasteiger partial charge on any atom is 0.407 e. The number of nitrogens with two attached hydrogens (primary N) is 1. The molecule has 0 bridgehead atoms. The van der Waals surface area contributed by atoms with E-state index in [1.807, 2.05) is 26.8 Å². The summed E-state index contributed by atoms with van der Waals surface area (Å²) >= 11 is 0. The van der Waals surface area contributed by atoms with Gasteiger partial charge < -0.3 is 15.8 Å². The topological polar surface area (TPSA) is 67.6 Å². The van der Waals surface area contributed by atoms with Crippen molar-refractivity contribution in [2.24, 2.45) is 5.73 Å². The largest absolute Gasteiger partial charge is 0.444 e. The van der Waals surface area contributed by atoms with Crippen LogP contribution in [0.15, 0.2) is 24.3 Å². The van der Waals surface area contributed by atoms with Gasteiger partial charge in [0.05, 0.1) is 0 Å². The fourth-order valence-corrected chi connectivity index (χ4v) is 2.87. The van der Waals surface area contributed by atoms with Crippen molar-refractivity contribution in [3.63, 3.8) is 0 Å². The van der Waals surface area contributed by atoms with Crippen LogP contribution in [0.4, 0.5) is 9.18 Å². The zero-order valence-electron chi connectivity index (χ0n) is 14.0. The molecule has 0 aromatic heterocycles. The Balaban J connectivity index is 1.94. The highest BCUT2D eigenvalue weighted by Gasteiger charge is 2.30. The average molecular weight is 323 g/mol. The van der Waals surface area contributed by atoms with Crippen molar-refractivity contribution in [1.82, 2.24) is 10.2 Å². The molecular weight excluding hydrogens is 297 g/mol. The number of alkyl carbamates (subject to hydrolysis) is 1. The van der Waals surface area contributed by atoms with Crippen LogP contribution in [-0.2, 0) is 4.74 Å². The minimum atomic E-state index is -0.510. The number of nitrogens with one attached hydrogen (secondary N) is 1. The lowest BCUT2D eigenvalue weighted by atomic mass is 10.1. The summed E-state index contributed by atoms with van der Waals surface area (Å²) < 4.78 is 18.7. The first-order valence-corrected chi connectivity index (χ1v) is 7.97. The monoisotopic (exact) mass is 323 g/mol. The van der Waals surface area contributed by atoms with Crippen molar-refractivity contribution < 1.29 is 13.9 Å². The number of halogens is 1. The van der Waals surface area contributed by atoms with Crippen LogP contribution in [0.1, 0.15) is 38.8 Å². The highest BCUT2D eigenvalue weighted by molar-refractivity contribution is 5.68. The van der Waals surface area contributed by atoms with Crippen LogP contribution in [-0.4, -0.2) is 42.3 Å². The molecule has 5 nitrogen and oxygen atoms in total. The number of hydrogen-bond donors (Lipinski definition) is 2. The van der Waals surface area contributed by atoms with E-state index < -0.39 is 11.7 Å². The first-order valence-electron chi connectivity index (χ1n) is 7.97. The molecule has 1 aromatic carbocycles. The number of nitrogens with zero attached hydrogens (tertiary/aromatic N) is 1. The van der Waals surface area contributed by atoms with Crippen molar-refractivity contribution in [1.29, 1.82) is 0 Å². The normalized spacial score (nSPS) is 20.3. The Kier molecular flexibility index (Phi) is 5.59. The zero-order valence-corrected chi connectivity index (χ0v) is 14.0. The first-order chi connectivity index (χ1) is 10.8. The van der Waals surface area contributed by atoms with E-state index >= 15 is 0 Å². The Bertz CT molecular complexity index is 545. The molecule has 6 heteroatoms. The SMILES string of the molecule is CC(C)(C)OC(=O)NC1CCN(C(CN)c2cccc(F)c2)C1. The Labute approximate surface area is 137 Å². The molecule has 1 aromatic rings. The Hall–Kier alpha value is -1.66. The third-order valence-corrected chi connectivity index (χ3v) is 3.84. The Morgan fingerprint density at radius 2 is 2.26 bits per heavy atom. The maximum absolute atomic E-state index is 13.4. The lowest BCUT2D eigenvalue weighted by molar-refractivity contribution is 0.0504. The average Bonchev–Trinajstić information content (AvgIpc) is 2.85. The van der Waals surface area contributed by atoms with E-state index in [9.17, 15) is 9.18 Å². The van der Waals surface area contributed by atoms with Gasteiger partial charge in [-0.25, -0.2) is 9.18 Å². The molecule has 23 heavy (non-hydrogen) atoms. The summed E-state index contributed by atoms with van der Waals surface area (Å²) in [6.45, 7) is 7.39. The lowest BCUT2D eigenvalue weighted by Gasteiger charge is -2.27. The van der Waals surface area contributed by atoms with E-state index in [-0.39, 0.29) is 17.9 Å². The van der Waals surface area contributed by atoms with E-state index in [0.717, 1.165) is 18.5 Å². The minimum Gasteiger partial charge on any atom is -0.444 e. The maximum atomic E-state index is 13.4. The van der Waals surface area contributed by atoms with Gasteiger partial charge in [0.15, 0.2) is 0 Å². The number of carbonyl (C=O) groups excluding carboxylic acids is 1. The summed E-state index contributed by atoms with van der Waals surface area (Å²) in [7, 11) is 0. The number of rotatable bonds is 4. The smallest absolute Gasteiger partial charge is 0.407 e. The molecule has 0 aliphatic carbocycles. The van der Waals surface area contributed by atoms with Gasteiger partial charge in [-0.3, -0.25) is 4.90 Å². The quantitative estimate of drug-likeness (QED) is 0.893. The van der Waals surface area contributed by atoms with Crippen LogP contribution in [0.2, 0.25) is 0 Å². The fraction of sp³-hybridized carbons (Fsp3) is 0.588. The van der Waals surface area contributed by atoms with Crippen molar-refractivity contribution in [3.8, 4) is 0 Å². The van der Waals surface area contributed by atoms with Gasteiger partial charge in [-0.2, -0.15) is 0 Å². The molecule has 0 saturated carbocycles. The molecule has 1 aliphatic heterocycles. The zero-order chi connectivity index (χ0) is 17.0. The number of carbonyl (C=O) groups is 1. The van der Waals surface area contributed by atoms with Gasteiger partial charge in [-0.15, -0.1) is 0 Å². The van der Waals surface area contributed by atoms with Crippen LogP contribution in [0, 0.1) is 5.82 Å². The van der Waals surface area contributed by atoms with Crippen molar-refractivity contribution in [3.05, 3.63) is 35.6 Å². The summed E-state index contributed by atoms with van der Waals surface area (Å²) in [6, 6.07) is 6.50. The van der Waals surface area contributed by atoms with Crippen LogP contribution in [0.5, 0.6) is 0 Å². The highest BCUT2D eigenvalue weighted by Crippen LogP contribution is 2.25. The molecule has 0 spiro atoms. The molecule has 2 rings (SSSR count). The van der Waals surface area contributed by atoms with Crippen LogP contribution < -0.4 is 11.1 Å². The van der Waals surface area contributed by atoms with Crippen LogP contribution >= 0.6 is 0 Å². The number of likely N-dealkylation sites (tertiary alicyclic amines) is 1. The molecular formula is C17H26FN3O2. The van der Waals surface area contributed by atoms with E-state index in [2.05, 4.69) is 10.2 Å². The predicted octanol–water partition coefficient (Wildman–Crippen LogP) is 2.42. The number of benzene rings is 1. The van der Waals surface area contributed by atoms with E-state index in [1.54, 1.807) is 6.07 Å².